The van der Waals surface area contributed by atoms with Crippen molar-refractivity contribution in [1.82, 2.24) is 19.5 Å². The van der Waals surface area contributed by atoms with Crippen LogP contribution in [0.25, 0.3) is 11.0 Å². The number of nitrogens with zero attached hydrogens (tertiary/aromatic N) is 4. The molecule has 0 radical (unpaired) electrons. The molecule has 0 spiro atoms. The molecular weight excluding hydrogens is 388 g/mol. The predicted molar refractivity (Wildman–Crippen MR) is 111 cm³/mol. The van der Waals surface area contributed by atoms with Gasteiger partial charge in [0.2, 0.25) is 10.0 Å². The second kappa shape index (κ2) is 7.76. The molecule has 2 aromatic carbocycles. The van der Waals surface area contributed by atoms with Crippen LogP contribution in [0.4, 0.5) is 0 Å². The topological polar surface area (TPSA) is 77.3 Å². The van der Waals surface area contributed by atoms with Crippen LogP contribution in [0.1, 0.15) is 36.5 Å². The fourth-order valence-corrected chi connectivity index (χ4v) is 5.35. The second-order valence-corrected chi connectivity index (χ2v) is 9.86. The van der Waals surface area contributed by atoms with Crippen molar-refractivity contribution in [3.63, 3.8) is 0 Å². The highest BCUT2D eigenvalue weighted by molar-refractivity contribution is 7.89. The van der Waals surface area contributed by atoms with Crippen molar-refractivity contribution in [3.05, 3.63) is 53.1 Å². The molecule has 7 nitrogen and oxygen atoms in total. The first kappa shape index (κ1) is 19.8. The lowest BCUT2D eigenvalue weighted by Crippen LogP contribution is -2.39. The minimum Gasteiger partial charge on any atom is -0.390 e. The molecule has 8 heteroatoms. The molecule has 1 aliphatic heterocycles. The van der Waals surface area contributed by atoms with E-state index >= 15 is 0 Å². The zero-order valence-electron chi connectivity index (χ0n) is 17.0. The van der Waals surface area contributed by atoms with E-state index in [4.69, 9.17) is 4.84 Å². The molecule has 0 saturated carbocycles. The molecule has 1 fully saturated rings. The minimum atomic E-state index is -3.55. The van der Waals surface area contributed by atoms with Gasteiger partial charge in [0.25, 0.3) is 0 Å². The van der Waals surface area contributed by atoms with Gasteiger partial charge < -0.3 is 4.84 Å². The zero-order valence-corrected chi connectivity index (χ0v) is 17.8. The van der Waals surface area contributed by atoms with E-state index in [0.29, 0.717) is 36.6 Å². The fraction of sp³-hybridized carbons (Fsp3) is 0.429. The van der Waals surface area contributed by atoms with Crippen molar-refractivity contribution in [2.24, 2.45) is 5.92 Å². The van der Waals surface area contributed by atoms with E-state index in [1.54, 1.807) is 22.5 Å². The first-order chi connectivity index (χ1) is 13.8. The summed E-state index contributed by atoms with van der Waals surface area (Å²) in [5.74, 6) is 0.371. The van der Waals surface area contributed by atoms with Gasteiger partial charge in [-0.15, -0.1) is 5.10 Å². The molecule has 1 aromatic heterocycles. The number of rotatable bonds is 5. The van der Waals surface area contributed by atoms with Crippen molar-refractivity contribution in [3.8, 4) is 0 Å². The van der Waals surface area contributed by atoms with E-state index in [-0.39, 0.29) is 4.90 Å². The Morgan fingerprint density at radius 1 is 1.17 bits per heavy atom. The van der Waals surface area contributed by atoms with Crippen LogP contribution >= 0.6 is 0 Å². The Bertz CT molecular complexity index is 1140. The van der Waals surface area contributed by atoms with Crippen LogP contribution in [-0.2, 0) is 16.6 Å². The maximum Gasteiger partial charge on any atom is 0.243 e. The molecule has 0 N–H and O–H groups in total. The lowest BCUT2D eigenvalue weighted by Gasteiger charge is -2.30. The van der Waals surface area contributed by atoms with Gasteiger partial charge in [-0.3, -0.25) is 0 Å². The molecule has 154 valence electrons. The normalized spacial score (nSPS) is 18.2. The van der Waals surface area contributed by atoms with Crippen molar-refractivity contribution in [1.29, 1.82) is 0 Å². The summed E-state index contributed by atoms with van der Waals surface area (Å²) >= 11 is 0. The molecule has 29 heavy (non-hydrogen) atoms. The number of fused-ring (bicyclic) bond motifs is 1. The average molecular weight is 415 g/mol. The Hall–Kier alpha value is -2.45. The summed E-state index contributed by atoms with van der Waals surface area (Å²) in [4.78, 5) is 7.41. The summed E-state index contributed by atoms with van der Waals surface area (Å²) in [6.45, 7) is 7.60. The molecule has 0 bridgehead atoms. The molecule has 1 unspecified atom stereocenters. The van der Waals surface area contributed by atoms with E-state index in [1.807, 2.05) is 13.8 Å². The summed E-state index contributed by atoms with van der Waals surface area (Å²) in [5.41, 5.74) is 4.47. The van der Waals surface area contributed by atoms with Crippen LogP contribution in [0.15, 0.2) is 41.3 Å². The third-order valence-electron chi connectivity index (χ3n) is 5.49. The molecule has 1 aliphatic rings. The quantitative estimate of drug-likeness (QED) is 0.641. The number of aryl methyl sites for hydroxylation is 2. The predicted octanol–water partition coefficient (Wildman–Crippen LogP) is 3.10. The van der Waals surface area contributed by atoms with Crippen LogP contribution in [0, 0.1) is 19.8 Å². The number of hydrogen-bond donors (Lipinski definition) is 0. The Balaban J connectivity index is 1.61. The molecule has 3 aromatic rings. The fourth-order valence-electron chi connectivity index (χ4n) is 3.73. The maximum atomic E-state index is 13.1. The minimum absolute atomic E-state index is 0.248. The Kier molecular flexibility index (Phi) is 5.31. The van der Waals surface area contributed by atoms with Crippen LogP contribution in [0.5, 0.6) is 0 Å². The van der Waals surface area contributed by atoms with Gasteiger partial charge in [-0.25, -0.2) is 8.42 Å². The van der Waals surface area contributed by atoms with Crippen LogP contribution in [0.2, 0.25) is 0 Å². The van der Waals surface area contributed by atoms with Gasteiger partial charge in [0, 0.05) is 13.1 Å². The average Bonchev–Trinajstić information content (AvgIpc) is 3.11. The summed E-state index contributed by atoms with van der Waals surface area (Å²) < 4.78 is 27.8. The molecule has 4 rings (SSSR count). The lowest BCUT2D eigenvalue weighted by molar-refractivity contribution is 0.0748. The van der Waals surface area contributed by atoms with Gasteiger partial charge in [-0.2, -0.15) is 4.31 Å². The van der Waals surface area contributed by atoms with Crippen molar-refractivity contribution >= 4 is 21.1 Å². The molecule has 1 atom stereocenters. The molecular formula is C21H26N4O3S. The third-order valence-corrected chi connectivity index (χ3v) is 7.35. The van der Waals surface area contributed by atoms with Crippen molar-refractivity contribution in [2.45, 2.75) is 45.1 Å². The van der Waals surface area contributed by atoms with Gasteiger partial charge in [-0.1, -0.05) is 35.5 Å². The Morgan fingerprint density at radius 3 is 2.79 bits per heavy atom. The van der Waals surface area contributed by atoms with E-state index in [1.165, 1.54) is 4.85 Å². The number of piperidine rings is 1. The van der Waals surface area contributed by atoms with Gasteiger partial charge >= 0.3 is 0 Å². The smallest absolute Gasteiger partial charge is 0.243 e. The first-order valence-corrected chi connectivity index (χ1v) is 11.3. The van der Waals surface area contributed by atoms with E-state index < -0.39 is 10.0 Å². The first-order valence-electron chi connectivity index (χ1n) is 9.89. The number of hydrogen-bond acceptors (Lipinski definition) is 5. The molecule has 2 heterocycles. The van der Waals surface area contributed by atoms with Crippen molar-refractivity contribution < 1.29 is 13.3 Å². The monoisotopic (exact) mass is 414 g/mol. The van der Waals surface area contributed by atoms with Crippen molar-refractivity contribution in [2.75, 3.05) is 13.1 Å². The van der Waals surface area contributed by atoms with E-state index in [0.717, 1.165) is 29.5 Å². The second-order valence-electron chi connectivity index (χ2n) is 7.93. The summed E-state index contributed by atoms with van der Waals surface area (Å²) in [6, 6.07) is 11.1. The highest BCUT2D eigenvalue weighted by atomic mass is 32.2. The van der Waals surface area contributed by atoms with Gasteiger partial charge in [0.1, 0.15) is 17.6 Å². The van der Waals surface area contributed by atoms with E-state index in [9.17, 15) is 8.42 Å². The van der Waals surface area contributed by atoms with Gasteiger partial charge in [-0.05, 0) is 67.1 Å². The van der Waals surface area contributed by atoms with Crippen LogP contribution < -0.4 is 4.84 Å². The number of benzene rings is 2. The largest absolute Gasteiger partial charge is 0.390 e. The SMILES string of the molecule is Cc1ccc(C)c(COn2nnc3ccc(S(=O)(=O)N4CCCC(C)C4)cc32)c1. The third kappa shape index (κ3) is 4.00. The van der Waals surface area contributed by atoms with Crippen LogP contribution in [-0.4, -0.2) is 41.0 Å². The highest BCUT2D eigenvalue weighted by Crippen LogP contribution is 2.25. The highest BCUT2D eigenvalue weighted by Gasteiger charge is 2.29. The molecule has 1 saturated heterocycles. The zero-order chi connectivity index (χ0) is 20.6. The standard InChI is InChI=1S/C21H26N4O3S/c1-15-6-7-17(3)18(11-15)14-28-25-21-12-19(8-9-20(21)22-23-25)29(26,27)24-10-4-5-16(2)13-24/h6-9,11-12,16H,4-5,10,13-14H2,1-3H3. The summed E-state index contributed by atoms with van der Waals surface area (Å²) in [7, 11) is -3.55. The molecule has 0 amide bonds. The Morgan fingerprint density at radius 2 is 2.00 bits per heavy atom. The van der Waals surface area contributed by atoms with Crippen LogP contribution in [0.3, 0.4) is 0 Å². The van der Waals surface area contributed by atoms with Gasteiger partial charge in [0.05, 0.1) is 4.90 Å². The summed E-state index contributed by atoms with van der Waals surface area (Å²) in [5, 5.41) is 8.14. The number of aromatic nitrogens is 3. The number of sulfonamides is 1. The Labute approximate surface area is 171 Å². The maximum absolute atomic E-state index is 13.1. The lowest BCUT2D eigenvalue weighted by atomic mass is 10.0. The van der Waals surface area contributed by atoms with Gasteiger partial charge in [0.15, 0.2) is 0 Å². The molecule has 0 aliphatic carbocycles. The van der Waals surface area contributed by atoms with E-state index in [2.05, 4.69) is 35.4 Å². The summed E-state index contributed by atoms with van der Waals surface area (Å²) in [6.07, 6.45) is 1.95.